The van der Waals surface area contributed by atoms with Gasteiger partial charge in [0, 0.05) is 18.5 Å². The number of nitrogens with zero attached hydrogens (tertiary/aromatic N) is 1. The van der Waals surface area contributed by atoms with Crippen molar-refractivity contribution in [1.82, 2.24) is 4.98 Å². The maximum Gasteiger partial charge on any atom is 0.221 e. The molecule has 0 radical (unpaired) electrons. The molecule has 2 N–H and O–H groups in total. The minimum Gasteiger partial charge on any atom is -0.490 e. The quantitative estimate of drug-likeness (QED) is 0.812. The smallest absolute Gasteiger partial charge is 0.221 e. The normalized spacial score (nSPS) is 16.3. The van der Waals surface area contributed by atoms with E-state index in [2.05, 4.69) is 10.3 Å². The number of benzene rings is 1. The zero-order valence-corrected chi connectivity index (χ0v) is 15.3. The lowest BCUT2D eigenvalue weighted by Gasteiger charge is -2.18. The fourth-order valence-corrected chi connectivity index (χ4v) is 3.35. The van der Waals surface area contributed by atoms with E-state index < -0.39 is 6.10 Å². The number of carbonyl (C=O) groups excluding carboxylic acids is 1. The van der Waals surface area contributed by atoms with Crippen LogP contribution < -0.4 is 10.1 Å². The Morgan fingerprint density at radius 2 is 2.00 bits per heavy atom. The zero-order chi connectivity index (χ0) is 18.5. The molecule has 1 amide bonds. The summed E-state index contributed by atoms with van der Waals surface area (Å²) in [5.74, 6) is 2.26. The van der Waals surface area contributed by atoms with Crippen molar-refractivity contribution in [2.75, 3.05) is 11.9 Å². The Bertz CT molecular complexity index is 733. The number of aliphatic hydroxyl groups excluding tert-OH is 1. The maximum absolute atomic E-state index is 11.0. The summed E-state index contributed by atoms with van der Waals surface area (Å²) < 4.78 is 11.5. The molecule has 3 rings (SSSR count). The molecule has 6 nitrogen and oxygen atoms in total. The number of anilines is 1. The first-order valence-corrected chi connectivity index (χ1v) is 9.18. The van der Waals surface area contributed by atoms with Crippen molar-refractivity contribution < 1.29 is 19.1 Å². The van der Waals surface area contributed by atoms with Crippen LogP contribution in [0.4, 0.5) is 5.69 Å². The second-order valence-electron chi connectivity index (χ2n) is 6.86. The molecule has 26 heavy (non-hydrogen) atoms. The predicted molar refractivity (Wildman–Crippen MR) is 98.3 cm³/mol. The van der Waals surface area contributed by atoms with E-state index in [-0.39, 0.29) is 12.5 Å². The van der Waals surface area contributed by atoms with Crippen LogP contribution in [0.2, 0.25) is 0 Å². The van der Waals surface area contributed by atoms with E-state index >= 15 is 0 Å². The first kappa shape index (κ1) is 18.5. The highest BCUT2D eigenvalue weighted by atomic mass is 16.5. The van der Waals surface area contributed by atoms with Gasteiger partial charge in [-0.3, -0.25) is 4.79 Å². The summed E-state index contributed by atoms with van der Waals surface area (Å²) in [7, 11) is 0. The molecule has 1 fully saturated rings. The molecule has 1 aliphatic rings. The molecule has 2 aromatic rings. The number of oxazole rings is 1. The molecular weight excluding hydrogens is 332 g/mol. The molecule has 1 aliphatic carbocycles. The van der Waals surface area contributed by atoms with Gasteiger partial charge in [-0.1, -0.05) is 19.3 Å². The molecule has 1 atom stereocenters. The summed E-state index contributed by atoms with van der Waals surface area (Å²) in [6.45, 7) is 3.39. The SMILES string of the molecule is CC(=O)Nc1ccc(OCC(O)c2nc(C3CCCCC3)oc2C)cc1. The van der Waals surface area contributed by atoms with Crippen LogP contribution in [0.1, 0.15) is 68.4 Å². The van der Waals surface area contributed by atoms with Gasteiger partial charge in [0.15, 0.2) is 5.89 Å². The molecule has 0 saturated heterocycles. The second kappa shape index (κ2) is 8.36. The average molecular weight is 358 g/mol. The summed E-state index contributed by atoms with van der Waals surface area (Å²) in [6, 6.07) is 7.01. The Morgan fingerprint density at radius 1 is 1.31 bits per heavy atom. The van der Waals surface area contributed by atoms with Crippen LogP contribution >= 0.6 is 0 Å². The van der Waals surface area contributed by atoms with Crippen molar-refractivity contribution in [3.63, 3.8) is 0 Å². The van der Waals surface area contributed by atoms with Gasteiger partial charge in [0.05, 0.1) is 0 Å². The van der Waals surface area contributed by atoms with E-state index in [0.717, 1.165) is 18.7 Å². The van der Waals surface area contributed by atoms with E-state index in [9.17, 15) is 9.90 Å². The van der Waals surface area contributed by atoms with Gasteiger partial charge in [0.2, 0.25) is 5.91 Å². The number of aryl methyl sites for hydroxylation is 1. The first-order valence-electron chi connectivity index (χ1n) is 9.18. The molecule has 1 saturated carbocycles. The lowest BCUT2D eigenvalue weighted by atomic mass is 9.89. The predicted octanol–water partition coefficient (Wildman–Crippen LogP) is 4.10. The summed E-state index contributed by atoms with van der Waals surface area (Å²) in [4.78, 5) is 15.6. The highest BCUT2D eigenvalue weighted by Gasteiger charge is 2.24. The third kappa shape index (κ3) is 4.64. The number of hydrogen-bond donors (Lipinski definition) is 2. The third-order valence-corrected chi connectivity index (χ3v) is 4.70. The number of amides is 1. The Hall–Kier alpha value is -2.34. The highest BCUT2D eigenvalue weighted by molar-refractivity contribution is 5.88. The van der Waals surface area contributed by atoms with Gasteiger partial charge < -0.3 is 19.6 Å². The van der Waals surface area contributed by atoms with Gasteiger partial charge in [-0.2, -0.15) is 0 Å². The summed E-state index contributed by atoms with van der Waals surface area (Å²) >= 11 is 0. The number of carbonyl (C=O) groups is 1. The van der Waals surface area contributed by atoms with Crippen molar-refractivity contribution in [2.45, 2.75) is 58.0 Å². The van der Waals surface area contributed by atoms with E-state index in [1.54, 1.807) is 24.3 Å². The van der Waals surface area contributed by atoms with Gasteiger partial charge in [0.1, 0.15) is 29.9 Å². The average Bonchev–Trinajstić information content (AvgIpc) is 3.03. The van der Waals surface area contributed by atoms with Crippen molar-refractivity contribution in [1.29, 1.82) is 0 Å². The Labute approximate surface area is 153 Å². The van der Waals surface area contributed by atoms with Crippen LogP contribution in [0.15, 0.2) is 28.7 Å². The Kier molecular flexibility index (Phi) is 5.93. The number of aromatic nitrogens is 1. The zero-order valence-electron chi connectivity index (χ0n) is 15.3. The minimum absolute atomic E-state index is 0.0942. The number of ether oxygens (including phenoxy) is 1. The van der Waals surface area contributed by atoms with E-state index in [0.29, 0.717) is 28.8 Å². The maximum atomic E-state index is 11.0. The van der Waals surface area contributed by atoms with Crippen molar-refractivity contribution in [3.05, 3.63) is 41.6 Å². The van der Waals surface area contributed by atoms with Gasteiger partial charge >= 0.3 is 0 Å². The van der Waals surface area contributed by atoms with Gasteiger partial charge in [-0.05, 0) is 44.0 Å². The molecule has 1 aromatic carbocycles. The molecule has 140 valence electrons. The minimum atomic E-state index is -0.842. The van der Waals surface area contributed by atoms with Gasteiger partial charge in [0.25, 0.3) is 0 Å². The van der Waals surface area contributed by atoms with Gasteiger partial charge in [-0.25, -0.2) is 4.98 Å². The van der Waals surface area contributed by atoms with Crippen LogP contribution in [-0.4, -0.2) is 22.6 Å². The van der Waals surface area contributed by atoms with Crippen molar-refractivity contribution in [2.24, 2.45) is 0 Å². The molecule has 1 heterocycles. The molecule has 0 spiro atoms. The topological polar surface area (TPSA) is 84.6 Å². The largest absolute Gasteiger partial charge is 0.490 e. The van der Waals surface area contributed by atoms with E-state index in [1.165, 1.54) is 26.2 Å². The molecule has 1 unspecified atom stereocenters. The molecule has 0 aliphatic heterocycles. The van der Waals surface area contributed by atoms with Gasteiger partial charge in [-0.15, -0.1) is 0 Å². The lowest BCUT2D eigenvalue weighted by Crippen LogP contribution is -2.12. The molecule has 1 aromatic heterocycles. The van der Waals surface area contributed by atoms with Crippen LogP contribution in [-0.2, 0) is 4.79 Å². The van der Waals surface area contributed by atoms with Crippen LogP contribution in [0.5, 0.6) is 5.75 Å². The molecule has 0 bridgehead atoms. The van der Waals surface area contributed by atoms with Crippen LogP contribution in [0, 0.1) is 6.92 Å². The fraction of sp³-hybridized carbons (Fsp3) is 0.500. The van der Waals surface area contributed by atoms with Crippen LogP contribution in [0.3, 0.4) is 0 Å². The Balaban J connectivity index is 1.58. The summed E-state index contributed by atoms with van der Waals surface area (Å²) in [5.41, 5.74) is 1.26. The van der Waals surface area contributed by atoms with Crippen molar-refractivity contribution >= 4 is 11.6 Å². The highest BCUT2D eigenvalue weighted by Crippen LogP contribution is 2.34. The number of hydrogen-bond acceptors (Lipinski definition) is 5. The van der Waals surface area contributed by atoms with Crippen LogP contribution in [0.25, 0.3) is 0 Å². The number of nitrogens with one attached hydrogen (secondary N) is 1. The second-order valence-corrected chi connectivity index (χ2v) is 6.86. The summed E-state index contributed by atoms with van der Waals surface area (Å²) in [6.07, 6.45) is 5.06. The molecule has 6 heteroatoms. The third-order valence-electron chi connectivity index (χ3n) is 4.70. The lowest BCUT2D eigenvalue weighted by molar-refractivity contribution is -0.114. The summed E-state index contributed by atoms with van der Waals surface area (Å²) in [5, 5.41) is 13.1. The van der Waals surface area contributed by atoms with E-state index in [4.69, 9.17) is 9.15 Å². The Morgan fingerprint density at radius 3 is 2.65 bits per heavy atom. The standard InChI is InChI=1S/C20H26N2O4/c1-13-19(22-20(26-13)15-6-4-3-5-7-15)18(24)12-25-17-10-8-16(9-11-17)21-14(2)23/h8-11,15,18,24H,3-7,12H2,1-2H3,(H,21,23). The fourth-order valence-electron chi connectivity index (χ4n) is 3.35. The first-order chi connectivity index (χ1) is 12.5. The number of rotatable bonds is 6. The number of aliphatic hydroxyl groups is 1. The molecular formula is C20H26N2O4. The van der Waals surface area contributed by atoms with E-state index in [1.807, 2.05) is 6.92 Å². The van der Waals surface area contributed by atoms with Crippen molar-refractivity contribution in [3.8, 4) is 5.75 Å². The monoisotopic (exact) mass is 358 g/mol.